The second kappa shape index (κ2) is 12.9. The molecule has 0 saturated heterocycles. The highest BCUT2D eigenvalue weighted by Gasteiger charge is 2.08. The van der Waals surface area contributed by atoms with Crippen LogP contribution < -0.4 is 4.90 Å². The third-order valence-corrected chi connectivity index (χ3v) is 6.93. The van der Waals surface area contributed by atoms with Crippen LogP contribution in [0.2, 0.25) is 0 Å². The number of hydrogen-bond acceptors (Lipinski definition) is 6. The van der Waals surface area contributed by atoms with Crippen molar-refractivity contribution in [3.05, 3.63) is 59.8 Å². The summed E-state index contributed by atoms with van der Waals surface area (Å²) in [7, 11) is -7.77. The molecule has 33 heavy (non-hydrogen) atoms. The minimum atomic E-state index is -3.89. The summed E-state index contributed by atoms with van der Waals surface area (Å²) in [4.78, 5) is 4.28. The first kappa shape index (κ1) is 27.1. The number of nitrogens with zero attached hydrogens (tertiary/aromatic N) is 2. The molecule has 0 saturated carbocycles. The van der Waals surface area contributed by atoms with E-state index >= 15 is 0 Å². The van der Waals surface area contributed by atoms with Crippen LogP contribution in [-0.4, -0.2) is 68.5 Å². The summed E-state index contributed by atoms with van der Waals surface area (Å²) in [6.07, 6.45) is 12.5. The first-order valence-electron chi connectivity index (χ1n) is 11.1. The third-order valence-electron chi connectivity index (χ3n) is 5.33. The lowest BCUT2D eigenvalue weighted by Gasteiger charge is -2.23. The molecule has 0 aliphatic carbocycles. The molecule has 184 valence electrons. The minimum absolute atomic E-state index is 0.197. The van der Waals surface area contributed by atoms with Crippen molar-refractivity contribution in [2.24, 2.45) is 0 Å². The lowest BCUT2D eigenvalue weighted by molar-refractivity contribution is 0.398. The number of unbranched alkanes of at least 4 members (excludes halogenated alkanes) is 2. The van der Waals surface area contributed by atoms with E-state index in [1.54, 1.807) is 0 Å². The fraction of sp³-hybridized carbons (Fsp3) is 0.478. The summed E-state index contributed by atoms with van der Waals surface area (Å²) in [6, 6.07) is 8.18. The SMILES string of the molecule is CCN(CCCCS(=O)(=O)O)c1ccc(/C=C/C2=CCN(CCCCS(=O)(=O)O)C=C2)cc1. The molecule has 0 aromatic heterocycles. The van der Waals surface area contributed by atoms with Crippen molar-refractivity contribution in [2.45, 2.75) is 32.6 Å². The highest BCUT2D eigenvalue weighted by atomic mass is 32.2. The van der Waals surface area contributed by atoms with Crippen LogP contribution in [0.1, 0.15) is 38.2 Å². The zero-order valence-corrected chi connectivity index (χ0v) is 20.6. The van der Waals surface area contributed by atoms with Crippen molar-refractivity contribution in [3.8, 4) is 0 Å². The zero-order valence-electron chi connectivity index (χ0n) is 19.0. The molecule has 1 aliphatic rings. The van der Waals surface area contributed by atoms with E-state index in [0.717, 1.165) is 43.0 Å². The summed E-state index contributed by atoms with van der Waals surface area (Å²) in [6.45, 7) is 5.08. The highest BCUT2D eigenvalue weighted by molar-refractivity contribution is 7.86. The molecular formula is C23H34N2O6S2. The lowest BCUT2D eigenvalue weighted by atomic mass is 10.1. The van der Waals surface area contributed by atoms with Crippen molar-refractivity contribution in [1.82, 2.24) is 4.90 Å². The van der Waals surface area contributed by atoms with Crippen molar-refractivity contribution in [3.63, 3.8) is 0 Å². The molecule has 0 amide bonds. The van der Waals surface area contributed by atoms with Gasteiger partial charge in [0.1, 0.15) is 0 Å². The molecular weight excluding hydrogens is 464 g/mol. The lowest BCUT2D eigenvalue weighted by Crippen LogP contribution is -2.24. The Labute approximate surface area is 197 Å². The van der Waals surface area contributed by atoms with Crippen molar-refractivity contribution < 1.29 is 25.9 Å². The summed E-state index contributed by atoms with van der Waals surface area (Å²) < 4.78 is 60.7. The largest absolute Gasteiger partial charge is 0.374 e. The Morgan fingerprint density at radius 1 is 0.939 bits per heavy atom. The van der Waals surface area contributed by atoms with Crippen molar-refractivity contribution in [1.29, 1.82) is 0 Å². The molecule has 0 radical (unpaired) electrons. The maximum atomic E-state index is 10.8. The normalized spacial score (nSPS) is 14.6. The van der Waals surface area contributed by atoms with E-state index in [4.69, 9.17) is 9.11 Å². The number of anilines is 1. The van der Waals surface area contributed by atoms with Gasteiger partial charge in [-0.15, -0.1) is 0 Å². The Balaban J connectivity index is 1.79. The van der Waals surface area contributed by atoms with Gasteiger partial charge in [-0.25, -0.2) is 0 Å². The Kier molecular flexibility index (Phi) is 10.6. The highest BCUT2D eigenvalue weighted by Crippen LogP contribution is 2.18. The van der Waals surface area contributed by atoms with Crippen molar-refractivity contribution in [2.75, 3.05) is 42.6 Å². The molecule has 1 aromatic carbocycles. The van der Waals surface area contributed by atoms with Gasteiger partial charge in [0.15, 0.2) is 0 Å². The average Bonchev–Trinajstić information content (AvgIpc) is 2.75. The predicted octanol–water partition coefficient (Wildman–Crippen LogP) is 3.62. The van der Waals surface area contributed by atoms with Crippen LogP contribution >= 0.6 is 0 Å². The van der Waals surface area contributed by atoms with Gasteiger partial charge in [0, 0.05) is 31.9 Å². The van der Waals surface area contributed by atoms with Gasteiger partial charge in [-0.1, -0.05) is 30.4 Å². The number of rotatable bonds is 14. The van der Waals surface area contributed by atoms with Gasteiger partial charge in [0.2, 0.25) is 0 Å². The molecule has 2 rings (SSSR count). The first-order valence-corrected chi connectivity index (χ1v) is 14.3. The number of benzene rings is 1. The predicted molar refractivity (Wildman–Crippen MR) is 133 cm³/mol. The van der Waals surface area contributed by atoms with Crippen LogP contribution in [0.4, 0.5) is 5.69 Å². The zero-order chi connectivity index (χ0) is 24.3. The Morgan fingerprint density at radius 2 is 1.58 bits per heavy atom. The Morgan fingerprint density at radius 3 is 2.12 bits per heavy atom. The molecule has 0 atom stereocenters. The van der Waals surface area contributed by atoms with Gasteiger partial charge in [-0.2, -0.15) is 16.8 Å². The standard InChI is InChI=1S/C23H34N2O6S2/c1-2-25(16-4-6-20-33(29,30)31)23-11-9-21(10-12-23)7-8-22-13-17-24(18-14-22)15-3-5-19-32(26,27)28/h7-14,17H,2-6,15-16,18-20H2,1H3,(H,26,27,28)(H,29,30,31)/b8-7+. The minimum Gasteiger partial charge on any atom is -0.374 e. The van der Waals surface area contributed by atoms with Crippen LogP contribution in [-0.2, 0) is 20.2 Å². The van der Waals surface area contributed by atoms with Gasteiger partial charge < -0.3 is 9.80 Å². The Bertz CT molecular complexity index is 1040. The fourth-order valence-corrected chi connectivity index (χ4v) is 4.62. The molecule has 1 aliphatic heterocycles. The smallest absolute Gasteiger partial charge is 0.264 e. The van der Waals surface area contributed by atoms with E-state index in [-0.39, 0.29) is 11.5 Å². The molecule has 1 aromatic rings. The number of hydrogen-bond donors (Lipinski definition) is 2. The average molecular weight is 499 g/mol. The summed E-state index contributed by atoms with van der Waals surface area (Å²) in [5, 5.41) is 0. The third kappa shape index (κ3) is 11.5. The van der Waals surface area contributed by atoms with Gasteiger partial charge >= 0.3 is 0 Å². The van der Waals surface area contributed by atoms with Crippen LogP contribution in [0, 0.1) is 0 Å². The monoisotopic (exact) mass is 498 g/mol. The van der Waals surface area contributed by atoms with Gasteiger partial charge in [0.05, 0.1) is 11.5 Å². The molecule has 0 bridgehead atoms. The first-order chi connectivity index (χ1) is 15.6. The van der Waals surface area contributed by atoms with E-state index in [0.29, 0.717) is 25.7 Å². The summed E-state index contributed by atoms with van der Waals surface area (Å²) in [5.41, 5.74) is 3.24. The molecule has 8 nitrogen and oxygen atoms in total. The molecule has 10 heteroatoms. The maximum Gasteiger partial charge on any atom is 0.264 e. The molecule has 0 spiro atoms. The van der Waals surface area contributed by atoms with Gasteiger partial charge in [-0.3, -0.25) is 9.11 Å². The van der Waals surface area contributed by atoms with Crippen LogP contribution in [0.15, 0.2) is 54.3 Å². The number of allylic oxidation sites excluding steroid dienone is 3. The molecule has 1 heterocycles. The van der Waals surface area contributed by atoms with E-state index < -0.39 is 20.2 Å². The summed E-state index contributed by atoms with van der Waals surface area (Å²) >= 11 is 0. The van der Waals surface area contributed by atoms with Crippen LogP contribution in [0.25, 0.3) is 6.08 Å². The van der Waals surface area contributed by atoms with E-state index in [2.05, 4.69) is 22.8 Å². The van der Waals surface area contributed by atoms with Gasteiger partial charge in [0.25, 0.3) is 20.2 Å². The van der Waals surface area contributed by atoms with E-state index in [1.165, 1.54) is 0 Å². The second-order valence-corrected chi connectivity index (χ2v) is 11.1. The van der Waals surface area contributed by atoms with Crippen LogP contribution in [0.5, 0.6) is 0 Å². The molecule has 0 fully saturated rings. The molecule has 2 N–H and O–H groups in total. The van der Waals surface area contributed by atoms with E-state index in [1.807, 2.05) is 48.7 Å². The Hall–Kier alpha value is -2.14. The van der Waals surface area contributed by atoms with Crippen molar-refractivity contribution >= 4 is 32.0 Å². The topological polar surface area (TPSA) is 115 Å². The quantitative estimate of drug-likeness (QED) is 0.295. The summed E-state index contributed by atoms with van der Waals surface area (Å²) in [5.74, 6) is -0.401. The van der Waals surface area contributed by atoms with Gasteiger partial charge in [-0.05, 0) is 68.2 Å². The van der Waals surface area contributed by atoms with E-state index in [9.17, 15) is 16.8 Å². The molecule has 0 unspecified atom stereocenters. The fourth-order valence-electron chi connectivity index (χ4n) is 3.48. The maximum absolute atomic E-state index is 10.8. The second-order valence-electron chi connectivity index (χ2n) is 8.01. The van der Waals surface area contributed by atoms with Crippen LogP contribution in [0.3, 0.4) is 0 Å².